The molecule has 1 amide bonds. The molecule has 1 aliphatic heterocycles. The van der Waals surface area contributed by atoms with Crippen LogP contribution in [0.2, 0.25) is 0 Å². The lowest BCUT2D eigenvalue weighted by Crippen LogP contribution is -2.40. The Morgan fingerprint density at radius 3 is 2.65 bits per heavy atom. The van der Waals surface area contributed by atoms with Crippen molar-refractivity contribution >= 4 is 15.9 Å². The van der Waals surface area contributed by atoms with E-state index in [4.69, 9.17) is 4.74 Å². The first-order valence-electron chi connectivity index (χ1n) is 9.45. The topological polar surface area (TPSA) is 75.7 Å². The number of benzene rings is 1. The summed E-state index contributed by atoms with van der Waals surface area (Å²) in [6.07, 6.45) is 4.41. The molecule has 146 valence electrons. The molecule has 1 saturated heterocycles. The number of unbranched alkanes of at least 4 members (excludes halogenated alkanes) is 1. The Morgan fingerprint density at radius 2 is 2.00 bits per heavy atom. The molecule has 0 spiro atoms. The number of morpholine rings is 1. The average molecular weight is 383 g/mol. The first-order chi connectivity index (χ1) is 12.5. The third-order valence-corrected chi connectivity index (χ3v) is 6.69. The number of rotatable bonds is 9. The molecular weight excluding hydrogens is 352 g/mol. The lowest BCUT2D eigenvalue weighted by molar-refractivity contribution is 0.0730. The van der Waals surface area contributed by atoms with Crippen molar-refractivity contribution in [3.8, 4) is 0 Å². The minimum atomic E-state index is -3.59. The van der Waals surface area contributed by atoms with Gasteiger partial charge in [0.05, 0.1) is 18.1 Å². The van der Waals surface area contributed by atoms with Gasteiger partial charge in [0.15, 0.2) is 0 Å². The molecule has 7 heteroatoms. The Labute approximate surface area is 157 Å². The zero-order valence-electron chi connectivity index (χ0n) is 15.7. The van der Waals surface area contributed by atoms with Gasteiger partial charge in [-0.3, -0.25) is 4.79 Å². The Hall–Kier alpha value is -1.44. The summed E-state index contributed by atoms with van der Waals surface area (Å²) < 4.78 is 32.1. The van der Waals surface area contributed by atoms with Crippen LogP contribution in [0.25, 0.3) is 0 Å². The van der Waals surface area contributed by atoms with Gasteiger partial charge in [-0.15, -0.1) is 0 Å². The summed E-state index contributed by atoms with van der Waals surface area (Å²) in [6.45, 7) is 6.39. The molecular formula is C19H30N2O4S. The second-order valence-electron chi connectivity index (χ2n) is 6.67. The van der Waals surface area contributed by atoms with Crippen molar-refractivity contribution in [1.29, 1.82) is 0 Å². The van der Waals surface area contributed by atoms with Gasteiger partial charge < -0.3 is 10.1 Å². The van der Waals surface area contributed by atoms with E-state index in [1.54, 1.807) is 12.1 Å². The van der Waals surface area contributed by atoms with Crippen molar-refractivity contribution < 1.29 is 17.9 Å². The van der Waals surface area contributed by atoms with Gasteiger partial charge >= 0.3 is 0 Å². The van der Waals surface area contributed by atoms with Gasteiger partial charge in [-0.2, -0.15) is 4.31 Å². The van der Waals surface area contributed by atoms with Crippen LogP contribution in [0.15, 0.2) is 29.2 Å². The number of nitrogens with zero attached hydrogens (tertiary/aromatic N) is 1. The van der Waals surface area contributed by atoms with Gasteiger partial charge in [0.2, 0.25) is 10.0 Å². The van der Waals surface area contributed by atoms with E-state index < -0.39 is 10.0 Å². The highest BCUT2D eigenvalue weighted by Crippen LogP contribution is 2.18. The van der Waals surface area contributed by atoms with E-state index in [9.17, 15) is 13.2 Å². The van der Waals surface area contributed by atoms with Crippen molar-refractivity contribution in [3.05, 3.63) is 29.8 Å². The molecule has 1 heterocycles. The number of carbonyl (C=O) groups excluding carboxylic acids is 1. The van der Waals surface area contributed by atoms with E-state index in [-0.39, 0.29) is 10.8 Å². The number of carbonyl (C=O) groups is 1. The molecule has 6 nitrogen and oxygen atoms in total. The van der Waals surface area contributed by atoms with E-state index in [2.05, 4.69) is 19.2 Å². The molecule has 0 aliphatic carbocycles. The lowest BCUT2D eigenvalue weighted by atomic mass is 9.99. The molecule has 26 heavy (non-hydrogen) atoms. The van der Waals surface area contributed by atoms with Crippen molar-refractivity contribution in [2.24, 2.45) is 5.92 Å². The van der Waals surface area contributed by atoms with Crippen LogP contribution in [0.3, 0.4) is 0 Å². The maximum Gasteiger partial charge on any atom is 0.251 e. The lowest BCUT2D eigenvalue weighted by Gasteiger charge is -2.26. The molecule has 0 aromatic heterocycles. The maximum atomic E-state index is 12.7. The van der Waals surface area contributed by atoms with E-state index in [1.807, 2.05) is 0 Å². The predicted octanol–water partition coefficient (Wildman–Crippen LogP) is 2.65. The van der Waals surface area contributed by atoms with Gasteiger partial charge in [-0.25, -0.2) is 8.42 Å². The monoisotopic (exact) mass is 382 g/mol. The van der Waals surface area contributed by atoms with Crippen molar-refractivity contribution in [2.45, 2.75) is 44.4 Å². The summed E-state index contributed by atoms with van der Waals surface area (Å²) in [6, 6.07) is 6.28. The number of sulfonamides is 1. The molecule has 1 aromatic rings. The van der Waals surface area contributed by atoms with E-state index in [0.29, 0.717) is 44.3 Å². The van der Waals surface area contributed by atoms with Crippen LogP contribution in [0.4, 0.5) is 0 Å². The first kappa shape index (κ1) is 20.9. The molecule has 0 saturated carbocycles. The highest BCUT2D eigenvalue weighted by molar-refractivity contribution is 7.89. The largest absolute Gasteiger partial charge is 0.379 e. The fourth-order valence-corrected chi connectivity index (χ4v) is 4.47. The van der Waals surface area contributed by atoms with Crippen LogP contribution in [-0.2, 0) is 14.8 Å². The van der Waals surface area contributed by atoms with Crippen molar-refractivity contribution in [2.75, 3.05) is 32.8 Å². The Morgan fingerprint density at radius 1 is 1.27 bits per heavy atom. The van der Waals surface area contributed by atoms with Crippen LogP contribution in [0, 0.1) is 5.92 Å². The predicted molar refractivity (Wildman–Crippen MR) is 102 cm³/mol. The maximum absolute atomic E-state index is 12.7. The van der Waals surface area contributed by atoms with Gasteiger partial charge in [-0.05, 0) is 30.5 Å². The number of ether oxygens (including phenoxy) is 1. The molecule has 0 unspecified atom stereocenters. The Kier molecular flexibility index (Phi) is 8.06. The number of hydrogen-bond donors (Lipinski definition) is 1. The van der Waals surface area contributed by atoms with Crippen LogP contribution in [-0.4, -0.2) is 51.5 Å². The third-order valence-electron chi connectivity index (χ3n) is 4.80. The van der Waals surface area contributed by atoms with Gasteiger partial charge in [-0.1, -0.05) is 39.2 Å². The van der Waals surface area contributed by atoms with Gasteiger partial charge in [0, 0.05) is 25.2 Å². The van der Waals surface area contributed by atoms with Crippen LogP contribution in [0.5, 0.6) is 0 Å². The van der Waals surface area contributed by atoms with E-state index >= 15 is 0 Å². The number of hydrogen-bond acceptors (Lipinski definition) is 4. The van der Waals surface area contributed by atoms with E-state index in [0.717, 1.165) is 25.7 Å². The highest BCUT2D eigenvalue weighted by atomic mass is 32.2. The summed E-state index contributed by atoms with van der Waals surface area (Å²) in [5.74, 6) is 0.234. The molecule has 1 N–H and O–H groups in total. The smallest absolute Gasteiger partial charge is 0.251 e. The quantitative estimate of drug-likeness (QED) is 0.712. The highest BCUT2D eigenvalue weighted by Gasteiger charge is 2.26. The number of amides is 1. The Bertz CT molecular complexity index is 685. The molecule has 1 aromatic carbocycles. The zero-order valence-corrected chi connectivity index (χ0v) is 16.6. The average Bonchev–Trinajstić information content (AvgIpc) is 2.68. The molecule has 0 radical (unpaired) electrons. The summed E-state index contributed by atoms with van der Waals surface area (Å²) in [4.78, 5) is 12.6. The molecule has 1 atom stereocenters. The third kappa shape index (κ3) is 5.53. The summed E-state index contributed by atoms with van der Waals surface area (Å²) >= 11 is 0. The second kappa shape index (κ2) is 10.0. The van der Waals surface area contributed by atoms with Crippen LogP contribution in [0.1, 0.15) is 49.9 Å². The summed E-state index contributed by atoms with van der Waals surface area (Å²) in [5, 5.41) is 2.95. The van der Waals surface area contributed by atoms with Gasteiger partial charge in [0.1, 0.15) is 0 Å². The second-order valence-corrected chi connectivity index (χ2v) is 8.61. The fourth-order valence-electron chi connectivity index (χ4n) is 3.02. The zero-order chi connectivity index (χ0) is 19.0. The Balaban J connectivity index is 2.04. The minimum absolute atomic E-state index is 0.157. The summed E-state index contributed by atoms with van der Waals surface area (Å²) in [5.41, 5.74) is 0.379. The van der Waals surface area contributed by atoms with E-state index in [1.165, 1.54) is 16.4 Å². The van der Waals surface area contributed by atoms with Crippen molar-refractivity contribution in [1.82, 2.24) is 9.62 Å². The normalized spacial score (nSPS) is 17.0. The van der Waals surface area contributed by atoms with Crippen LogP contribution < -0.4 is 5.32 Å². The molecule has 1 fully saturated rings. The number of nitrogens with one attached hydrogen (secondary N) is 1. The summed E-state index contributed by atoms with van der Waals surface area (Å²) in [7, 11) is -3.59. The molecule has 1 aliphatic rings. The van der Waals surface area contributed by atoms with Gasteiger partial charge in [0.25, 0.3) is 5.91 Å². The minimum Gasteiger partial charge on any atom is -0.379 e. The fraction of sp³-hybridized carbons (Fsp3) is 0.632. The first-order valence-corrected chi connectivity index (χ1v) is 10.9. The van der Waals surface area contributed by atoms with Crippen molar-refractivity contribution in [3.63, 3.8) is 0 Å². The standard InChI is InChI=1S/C19H30N2O4S/c1-3-5-7-16(4-2)15-20-19(22)17-8-6-9-18(14-17)26(23,24)21-10-12-25-13-11-21/h6,8-9,14,16H,3-5,7,10-13,15H2,1-2H3,(H,20,22)/t16-/m0/s1. The van der Waals surface area contributed by atoms with Crippen LogP contribution >= 0.6 is 0 Å². The molecule has 2 rings (SSSR count). The SMILES string of the molecule is CCCC[C@H](CC)CNC(=O)c1cccc(S(=O)(=O)N2CCOCC2)c1. The molecule has 0 bridgehead atoms.